The largest absolute Gasteiger partial charge is 0.383 e. The molecule has 94 valence electrons. The van der Waals surface area contributed by atoms with E-state index in [4.69, 9.17) is 4.74 Å². The van der Waals surface area contributed by atoms with Gasteiger partial charge in [0.2, 0.25) is 0 Å². The Morgan fingerprint density at radius 1 is 1.31 bits per heavy atom. The van der Waals surface area contributed by atoms with Crippen molar-refractivity contribution in [3.8, 4) is 0 Å². The van der Waals surface area contributed by atoms with Gasteiger partial charge in [0, 0.05) is 25.2 Å². The highest BCUT2D eigenvalue weighted by atomic mass is 16.5. The van der Waals surface area contributed by atoms with Crippen molar-refractivity contribution in [2.45, 2.75) is 50.7 Å². The molecular weight excluding hydrogens is 200 g/mol. The van der Waals surface area contributed by atoms with E-state index in [0.29, 0.717) is 6.04 Å². The van der Waals surface area contributed by atoms with Gasteiger partial charge in [0.15, 0.2) is 0 Å². The fraction of sp³-hybridized carbons (Fsp3) is 1.00. The number of rotatable bonds is 5. The lowest BCUT2D eigenvalue weighted by atomic mass is 9.91. The Hall–Kier alpha value is -0.120. The van der Waals surface area contributed by atoms with Crippen LogP contribution >= 0.6 is 0 Å². The molecule has 0 radical (unpaired) electrons. The molecule has 0 aromatic carbocycles. The molecule has 3 nitrogen and oxygen atoms in total. The maximum absolute atomic E-state index is 5.14. The summed E-state index contributed by atoms with van der Waals surface area (Å²) in [6.45, 7) is 4.19. The van der Waals surface area contributed by atoms with Gasteiger partial charge in [-0.2, -0.15) is 0 Å². The molecule has 2 aliphatic rings. The Bertz CT molecular complexity index is 208. The van der Waals surface area contributed by atoms with Crippen LogP contribution in [0, 0.1) is 5.92 Å². The molecule has 2 heterocycles. The maximum Gasteiger partial charge on any atom is 0.0613 e. The van der Waals surface area contributed by atoms with Gasteiger partial charge in [-0.3, -0.25) is 0 Å². The van der Waals surface area contributed by atoms with E-state index in [1.807, 2.05) is 0 Å². The van der Waals surface area contributed by atoms with Crippen molar-refractivity contribution in [1.82, 2.24) is 10.2 Å². The number of piperidine rings is 1. The van der Waals surface area contributed by atoms with E-state index in [1.165, 1.54) is 32.2 Å². The molecule has 2 bridgehead atoms. The Labute approximate surface area is 99.5 Å². The van der Waals surface area contributed by atoms with Crippen LogP contribution in [0.25, 0.3) is 0 Å². The van der Waals surface area contributed by atoms with Crippen LogP contribution < -0.4 is 5.32 Å². The van der Waals surface area contributed by atoms with Crippen molar-refractivity contribution in [3.63, 3.8) is 0 Å². The lowest BCUT2D eigenvalue weighted by Gasteiger charge is -2.36. The topological polar surface area (TPSA) is 24.5 Å². The highest BCUT2D eigenvalue weighted by molar-refractivity contribution is 4.93. The Morgan fingerprint density at radius 2 is 1.94 bits per heavy atom. The first kappa shape index (κ1) is 12.3. The second kappa shape index (κ2) is 5.48. The molecule has 0 aromatic rings. The van der Waals surface area contributed by atoms with Gasteiger partial charge in [-0.1, -0.05) is 0 Å². The Balaban J connectivity index is 1.72. The average molecular weight is 226 g/mol. The molecule has 0 aromatic heterocycles. The van der Waals surface area contributed by atoms with Crippen molar-refractivity contribution in [2.24, 2.45) is 5.92 Å². The third kappa shape index (κ3) is 2.76. The fourth-order valence-electron chi connectivity index (χ4n) is 3.37. The third-order valence-electron chi connectivity index (χ3n) is 4.37. The van der Waals surface area contributed by atoms with E-state index in [1.54, 1.807) is 7.11 Å². The van der Waals surface area contributed by atoms with Crippen LogP contribution in [0.2, 0.25) is 0 Å². The molecule has 3 unspecified atom stereocenters. The molecule has 2 fully saturated rings. The second-order valence-corrected chi connectivity index (χ2v) is 5.65. The monoisotopic (exact) mass is 226 g/mol. The van der Waals surface area contributed by atoms with Gasteiger partial charge in [-0.25, -0.2) is 0 Å². The van der Waals surface area contributed by atoms with Gasteiger partial charge >= 0.3 is 0 Å². The number of nitrogens with zero attached hydrogens (tertiary/aromatic N) is 1. The molecule has 2 saturated heterocycles. The summed E-state index contributed by atoms with van der Waals surface area (Å²) in [4.78, 5) is 2.61. The maximum atomic E-state index is 5.14. The molecule has 0 spiro atoms. The van der Waals surface area contributed by atoms with Crippen LogP contribution in [0.4, 0.5) is 0 Å². The van der Waals surface area contributed by atoms with E-state index < -0.39 is 0 Å². The Kier molecular flexibility index (Phi) is 4.22. The minimum absolute atomic E-state index is 0.488. The molecule has 0 aliphatic carbocycles. The first-order valence-electron chi connectivity index (χ1n) is 6.65. The van der Waals surface area contributed by atoms with E-state index in [-0.39, 0.29) is 0 Å². The number of hydrogen-bond acceptors (Lipinski definition) is 3. The van der Waals surface area contributed by atoms with Crippen molar-refractivity contribution in [1.29, 1.82) is 0 Å². The van der Waals surface area contributed by atoms with Crippen molar-refractivity contribution < 1.29 is 4.74 Å². The predicted octanol–water partition coefficient (Wildman–Crippen LogP) is 1.48. The molecule has 2 aliphatic heterocycles. The summed E-state index contributed by atoms with van der Waals surface area (Å²) in [7, 11) is 4.08. The zero-order valence-corrected chi connectivity index (χ0v) is 10.9. The number of ether oxygens (including phenoxy) is 1. The second-order valence-electron chi connectivity index (χ2n) is 5.65. The molecular formula is C13H26N2O. The quantitative estimate of drug-likeness (QED) is 0.768. The Morgan fingerprint density at radius 3 is 2.50 bits per heavy atom. The lowest BCUT2D eigenvalue weighted by Crippen LogP contribution is -2.44. The zero-order chi connectivity index (χ0) is 11.5. The molecule has 16 heavy (non-hydrogen) atoms. The van der Waals surface area contributed by atoms with E-state index in [9.17, 15) is 0 Å². The van der Waals surface area contributed by atoms with E-state index in [2.05, 4.69) is 24.2 Å². The predicted molar refractivity (Wildman–Crippen MR) is 66.6 cm³/mol. The summed E-state index contributed by atoms with van der Waals surface area (Å²) in [5, 5.41) is 3.59. The average Bonchev–Trinajstić information content (AvgIpc) is 2.52. The number of hydrogen-bond donors (Lipinski definition) is 1. The fourth-order valence-corrected chi connectivity index (χ4v) is 3.37. The first-order chi connectivity index (χ1) is 7.70. The summed E-state index contributed by atoms with van der Waals surface area (Å²) >= 11 is 0. The van der Waals surface area contributed by atoms with Crippen molar-refractivity contribution in [3.05, 3.63) is 0 Å². The van der Waals surface area contributed by atoms with Gasteiger partial charge in [0.25, 0.3) is 0 Å². The summed E-state index contributed by atoms with van der Waals surface area (Å²) in [5.74, 6) is 0.882. The van der Waals surface area contributed by atoms with Crippen LogP contribution in [0.15, 0.2) is 0 Å². The minimum Gasteiger partial charge on any atom is -0.383 e. The summed E-state index contributed by atoms with van der Waals surface area (Å²) in [6.07, 6.45) is 5.62. The van der Waals surface area contributed by atoms with Crippen LogP contribution in [-0.2, 0) is 4.74 Å². The summed E-state index contributed by atoms with van der Waals surface area (Å²) in [6, 6.07) is 2.22. The molecule has 3 atom stereocenters. The van der Waals surface area contributed by atoms with Crippen LogP contribution in [0.5, 0.6) is 0 Å². The van der Waals surface area contributed by atoms with Gasteiger partial charge in [0.05, 0.1) is 6.61 Å². The SMILES string of the molecule is COCC(C)NCC1CC2CCC(C1)N2C. The van der Waals surface area contributed by atoms with E-state index >= 15 is 0 Å². The van der Waals surface area contributed by atoms with E-state index in [0.717, 1.165) is 24.6 Å². The third-order valence-corrected chi connectivity index (χ3v) is 4.37. The molecule has 0 saturated carbocycles. The standard InChI is InChI=1S/C13H26N2O/c1-10(9-16-3)14-8-11-6-12-4-5-13(7-11)15(12)2/h10-14H,4-9H2,1-3H3. The molecule has 3 heteroatoms. The highest BCUT2D eigenvalue weighted by Gasteiger charge is 2.38. The van der Waals surface area contributed by atoms with Gasteiger partial charge in [0.1, 0.15) is 0 Å². The number of methoxy groups -OCH3 is 1. The number of fused-ring (bicyclic) bond motifs is 2. The van der Waals surface area contributed by atoms with Gasteiger partial charge < -0.3 is 15.0 Å². The van der Waals surface area contributed by atoms with Crippen LogP contribution in [-0.4, -0.2) is 50.3 Å². The normalized spacial score (nSPS) is 36.6. The zero-order valence-electron chi connectivity index (χ0n) is 10.9. The first-order valence-corrected chi connectivity index (χ1v) is 6.65. The van der Waals surface area contributed by atoms with Gasteiger partial charge in [-0.15, -0.1) is 0 Å². The van der Waals surface area contributed by atoms with Crippen LogP contribution in [0.1, 0.15) is 32.6 Å². The van der Waals surface area contributed by atoms with Crippen molar-refractivity contribution in [2.75, 3.05) is 27.3 Å². The highest BCUT2D eigenvalue weighted by Crippen LogP contribution is 2.36. The van der Waals surface area contributed by atoms with Crippen molar-refractivity contribution >= 4 is 0 Å². The summed E-state index contributed by atoms with van der Waals surface area (Å²) in [5.41, 5.74) is 0. The molecule has 0 amide bonds. The van der Waals surface area contributed by atoms with Crippen LogP contribution in [0.3, 0.4) is 0 Å². The van der Waals surface area contributed by atoms with Gasteiger partial charge in [-0.05, 0) is 52.1 Å². The molecule has 2 rings (SSSR count). The smallest absolute Gasteiger partial charge is 0.0613 e. The number of nitrogens with one attached hydrogen (secondary N) is 1. The molecule has 1 N–H and O–H groups in total. The summed E-state index contributed by atoms with van der Waals surface area (Å²) < 4.78 is 5.14. The lowest BCUT2D eigenvalue weighted by molar-refractivity contribution is 0.124. The minimum atomic E-state index is 0.488.